The van der Waals surface area contributed by atoms with Crippen molar-refractivity contribution in [2.75, 3.05) is 55.6 Å². The highest BCUT2D eigenvalue weighted by molar-refractivity contribution is 6.14. The van der Waals surface area contributed by atoms with Crippen LogP contribution in [-0.4, -0.2) is 74.6 Å². The number of anilines is 2. The van der Waals surface area contributed by atoms with Crippen LogP contribution in [0.3, 0.4) is 0 Å². The van der Waals surface area contributed by atoms with Crippen LogP contribution >= 0.6 is 11.8 Å². The number of nitrogens with zero attached hydrogens (tertiary/aromatic N) is 3. The fourth-order valence-electron chi connectivity index (χ4n) is 3.49. The summed E-state index contributed by atoms with van der Waals surface area (Å²) in [7, 11) is 0. The Kier molecular flexibility index (Phi) is 6.75. The van der Waals surface area contributed by atoms with Gasteiger partial charge in [-0.1, -0.05) is 0 Å². The van der Waals surface area contributed by atoms with Gasteiger partial charge in [0, 0.05) is 51.9 Å². The molecule has 0 radical (unpaired) electrons. The van der Waals surface area contributed by atoms with Crippen molar-refractivity contribution in [1.29, 1.82) is 0 Å². The molecule has 0 unspecified atom stereocenters. The van der Waals surface area contributed by atoms with Gasteiger partial charge in [-0.3, -0.25) is 14.5 Å². The van der Waals surface area contributed by atoms with Crippen LogP contribution in [0.4, 0.5) is 20.6 Å². The maximum atomic E-state index is 14.8. The van der Waals surface area contributed by atoms with Gasteiger partial charge in [0.05, 0.1) is 18.3 Å². The smallest absolute Gasteiger partial charge is 0.322 e. The molecule has 2 aliphatic rings. The highest BCUT2D eigenvalue weighted by atomic mass is 35.5. The highest BCUT2D eigenvalue weighted by Crippen LogP contribution is 2.27. The van der Waals surface area contributed by atoms with E-state index in [0.29, 0.717) is 50.6 Å². The van der Waals surface area contributed by atoms with Gasteiger partial charge in [-0.2, -0.15) is 0 Å². The lowest BCUT2D eigenvalue weighted by Crippen LogP contribution is -2.50. The molecule has 2 aliphatic heterocycles. The minimum Gasteiger partial charge on any atom is -0.366 e. The number of rotatable bonds is 6. The normalized spacial score (nSPS) is 19.3. The molecule has 0 spiro atoms. The van der Waals surface area contributed by atoms with Crippen LogP contribution in [-0.2, 0) is 9.59 Å². The first-order chi connectivity index (χ1) is 13.9. The van der Waals surface area contributed by atoms with Gasteiger partial charge in [0.2, 0.25) is 11.8 Å². The van der Waals surface area contributed by atoms with Gasteiger partial charge >= 0.3 is 6.03 Å². The predicted molar refractivity (Wildman–Crippen MR) is 107 cm³/mol. The zero-order valence-corrected chi connectivity index (χ0v) is 16.8. The second-order valence-corrected chi connectivity index (χ2v) is 7.28. The first-order valence-electron chi connectivity index (χ1n) is 9.37. The Morgan fingerprint density at radius 2 is 2.00 bits per heavy atom. The lowest BCUT2D eigenvalue weighted by Gasteiger charge is -2.36. The summed E-state index contributed by atoms with van der Waals surface area (Å²) in [6.07, 6.45) is 0. The monoisotopic (exact) mass is 426 g/mol. The van der Waals surface area contributed by atoms with Crippen molar-refractivity contribution in [3.63, 3.8) is 0 Å². The zero-order chi connectivity index (χ0) is 21.0. The topological polar surface area (TPSA) is 97.0 Å². The van der Waals surface area contributed by atoms with Crippen molar-refractivity contribution in [2.24, 2.45) is 0 Å². The van der Waals surface area contributed by atoms with Crippen molar-refractivity contribution in [1.82, 2.24) is 20.4 Å². The van der Waals surface area contributed by atoms with Gasteiger partial charge in [-0.15, -0.1) is 0 Å². The average molecular weight is 427 g/mol. The molecule has 4 amide bonds. The van der Waals surface area contributed by atoms with Gasteiger partial charge in [-0.25, -0.2) is 14.0 Å². The molecule has 158 valence electrons. The number of urea groups is 1. The molecular formula is C18H24ClFN6O3. The third-order valence-corrected chi connectivity index (χ3v) is 5.14. The molecule has 0 aliphatic carbocycles. The van der Waals surface area contributed by atoms with Gasteiger partial charge in [0.15, 0.2) is 0 Å². The molecule has 0 bridgehead atoms. The summed E-state index contributed by atoms with van der Waals surface area (Å²) in [5.41, 5.74) is 0.891. The van der Waals surface area contributed by atoms with Gasteiger partial charge < -0.3 is 20.4 Å². The van der Waals surface area contributed by atoms with E-state index in [1.54, 1.807) is 17.0 Å². The fraction of sp³-hybridized carbons (Fsp3) is 0.500. The molecule has 11 heteroatoms. The molecular weight excluding hydrogens is 403 g/mol. The second kappa shape index (κ2) is 9.27. The largest absolute Gasteiger partial charge is 0.366 e. The maximum absolute atomic E-state index is 14.8. The summed E-state index contributed by atoms with van der Waals surface area (Å²) in [5, 5.41) is 5.43. The Hall–Kier alpha value is -2.59. The van der Waals surface area contributed by atoms with Crippen molar-refractivity contribution in [3.05, 3.63) is 24.0 Å². The van der Waals surface area contributed by atoms with E-state index in [-0.39, 0.29) is 30.4 Å². The molecule has 3 N–H and O–H groups in total. The molecule has 2 fully saturated rings. The first kappa shape index (κ1) is 21.1. The quantitative estimate of drug-likeness (QED) is 0.567. The lowest BCUT2D eigenvalue weighted by molar-refractivity contribution is -0.130. The summed E-state index contributed by atoms with van der Waals surface area (Å²) in [4.78, 5) is 42.4. The van der Waals surface area contributed by atoms with E-state index in [0.717, 1.165) is 0 Å². The third-order valence-electron chi connectivity index (χ3n) is 5.01. The van der Waals surface area contributed by atoms with E-state index in [9.17, 15) is 18.8 Å². The van der Waals surface area contributed by atoms with E-state index in [4.69, 9.17) is 11.8 Å². The molecule has 2 saturated heterocycles. The summed E-state index contributed by atoms with van der Waals surface area (Å²) in [5.74, 6) is -0.694. The standard InChI is InChI=1S/C18H24ClFN6O3/c1-12(27)21-9-13-11-26(18(29)23-13)14-2-3-16(15(20)8-14)24-4-6-25(7-5-24)17(28)10-22-19/h2-3,8,13,22H,4-7,9-11H2,1H3,(H,21,27)(H,23,29)/t13-/m0/s1. The SMILES string of the molecule is CC(=O)NC[C@H]1CN(c2ccc(N3CCN(C(=O)CNCl)CC3)c(F)c2)C(=O)N1. The van der Waals surface area contributed by atoms with Gasteiger partial charge in [0.25, 0.3) is 0 Å². The number of nitrogens with one attached hydrogen (secondary N) is 3. The molecule has 0 saturated carbocycles. The Balaban J connectivity index is 1.62. The van der Waals surface area contributed by atoms with Crippen LogP contribution in [0.5, 0.6) is 0 Å². The molecule has 9 nitrogen and oxygen atoms in total. The number of hydrogen-bond acceptors (Lipinski definition) is 5. The number of carbonyl (C=O) groups is 3. The first-order valence-corrected chi connectivity index (χ1v) is 9.75. The molecule has 1 aromatic rings. The summed E-state index contributed by atoms with van der Waals surface area (Å²) in [6.45, 7) is 4.11. The fourth-order valence-corrected chi connectivity index (χ4v) is 3.61. The molecule has 3 rings (SSSR count). The average Bonchev–Trinajstić information content (AvgIpc) is 3.07. The molecule has 2 heterocycles. The van der Waals surface area contributed by atoms with Crippen LogP contribution in [0, 0.1) is 5.82 Å². The van der Waals surface area contributed by atoms with E-state index >= 15 is 0 Å². The molecule has 1 atom stereocenters. The number of halogens is 2. The number of hydrogen-bond donors (Lipinski definition) is 3. The van der Waals surface area contributed by atoms with Crippen LogP contribution in [0.2, 0.25) is 0 Å². The van der Waals surface area contributed by atoms with Crippen molar-refractivity contribution >= 4 is 41.0 Å². The van der Waals surface area contributed by atoms with Crippen LogP contribution in [0.25, 0.3) is 0 Å². The Morgan fingerprint density at radius 3 is 2.62 bits per heavy atom. The summed E-state index contributed by atoms with van der Waals surface area (Å²) < 4.78 is 14.8. The van der Waals surface area contributed by atoms with Crippen molar-refractivity contribution in [2.45, 2.75) is 13.0 Å². The third kappa shape index (κ3) is 5.07. The second-order valence-electron chi connectivity index (χ2n) is 7.01. The molecule has 0 aromatic heterocycles. The minimum atomic E-state index is -0.428. The van der Waals surface area contributed by atoms with Crippen molar-refractivity contribution < 1.29 is 18.8 Å². The highest BCUT2D eigenvalue weighted by Gasteiger charge is 2.30. The minimum absolute atomic E-state index is 0.0610. The van der Waals surface area contributed by atoms with Crippen molar-refractivity contribution in [3.8, 4) is 0 Å². The van der Waals surface area contributed by atoms with E-state index in [1.165, 1.54) is 17.9 Å². The van der Waals surface area contributed by atoms with E-state index in [1.807, 2.05) is 4.90 Å². The number of amides is 4. The van der Waals surface area contributed by atoms with Crippen LogP contribution in [0.1, 0.15) is 6.92 Å². The van der Waals surface area contributed by atoms with Gasteiger partial charge in [0.1, 0.15) is 5.82 Å². The summed E-state index contributed by atoms with van der Waals surface area (Å²) >= 11 is 5.37. The Labute approximate surface area is 173 Å². The molecule has 1 aromatic carbocycles. The number of carbonyl (C=O) groups excluding carboxylic acids is 3. The molecule has 29 heavy (non-hydrogen) atoms. The Morgan fingerprint density at radius 1 is 1.28 bits per heavy atom. The number of piperazine rings is 1. The van der Waals surface area contributed by atoms with Gasteiger partial charge in [-0.05, 0) is 30.0 Å². The predicted octanol–water partition coefficient (Wildman–Crippen LogP) is 0.252. The maximum Gasteiger partial charge on any atom is 0.322 e. The number of benzene rings is 1. The zero-order valence-electron chi connectivity index (χ0n) is 16.1. The van der Waals surface area contributed by atoms with E-state index < -0.39 is 5.82 Å². The van der Waals surface area contributed by atoms with Crippen LogP contribution < -0.4 is 25.3 Å². The van der Waals surface area contributed by atoms with Crippen LogP contribution in [0.15, 0.2) is 18.2 Å². The Bertz CT molecular complexity index is 787. The summed E-state index contributed by atoms with van der Waals surface area (Å²) in [6, 6.07) is 4.13. The van der Waals surface area contributed by atoms with E-state index in [2.05, 4.69) is 15.5 Å². The lowest BCUT2D eigenvalue weighted by atomic mass is 10.2.